The van der Waals surface area contributed by atoms with Gasteiger partial charge in [0.05, 0.1) is 22.0 Å². The number of aromatic nitrogens is 1. The molecule has 2 aliphatic rings. The standard InChI is InChI=1S/C23H25FN4O5S/c24-18-5-1-2-6-20(18)26-10-12-27(13-11-26)22(29)16-4-3-9-28(15-16)34(31,32)17-7-8-19-21(14-17)33-23(30)25-19/h1-2,5-8,14,16H,3-4,9-13,15H2,(H,25,30)/t16-/m0/s1. The maximum atomic E-state index is 14.1. The molecule has 0 saturated carbocycles. The van der Waals surface area contributed by atoms with Crippen molar-refractivity contribution < 1.29 is 22.0 Å². The first kappa shape index (κ1) is 22.6. The zero-order chi connectivity index (χ0) is 23.9. The van der Waals surface area contributed by atoms with Crippen molar-refractivity contribution in [2.45, 2.75) is 17.7 Å². The Morgan fingerprint density at radius 3 is 2.59 bits per heavy atom. The molecule has 2 saturated heterocycles. The molecule has 1 amide bonds. The Balaban J connectivity index is 1.26. The monoisotopic (exact) mass is 488 g/mol. The van der Waals surface area contributed by atoms with E-state index in [1.54, 1.807) is 23.1 Å². The first-order valence-corrected chi connectivity index (χ1v) is 12.7. The number of carbonyl (C=O) groups excluding carboxylic acids is 1. The number of fused-ring (bicyclic) bond motifs is 1. The van der Waals surface area contributed by atoms with Gasteiger partial charge in [0.25, 0.3) is 0 Å². The minimum absolute atomic E-state index is 0.0225. The normalized spacial score (nSPS) is 20.1. The van der Waals surface area contributed by atoms with Gasteiger partial charge < -0.3 is 14.2 Å². The Bertz CT molecular complexity index is 1380. The number of piperidine rings is 1. The van der Waals surface area contributed by atoms with Crippen LogP contribution in [0.3, 0.4) is 0 Å². The third kappa shape index (κ3) is 4.21. The quantitative estimate of drug-likeness (QED) is 0.602. The number of para-hydroxylation sites is 1. The maximum Gasteiger partial charge on any atom is 0.417 e. The first-order chi connectivity index (χ1) is 16.3. The van der Waals surface area contributed by atoms with Gasteiger partial charge in [-0.3, -0.25) is 9.78 Å². The van der Waals surface area contributed by atoms with Gasteiger partial charge in [0.2, 0.25) is 15.9 Å². The number of amides is 1. The van der Waals surface area contributed by atoms with E-state index in [1.807, 2.05) is 4.90 Å². The van der Waals surface area contributed by atoms with E-state index in [1.165, 1.54) is 28.6 Å². The van der Waals surface area contributed by atoms with Crippen molar-refractivity contribution in [3.05, 3.63) is 58.8 Å². The van der Waals surface area contributed by atoms with Crippen molar-refractivity contribution in [1.29, 1.82) is 0 Å². The Kier molecular flexibility index (Phi) is 5.90. The van der Waals surface area contributed by atoms with Crippen LogP contribution in [0.5, 0.6) is 0 Å². The predicted molar refractivity (Wildman–Crippen MR) is 124 cm³/mol. The van der Waals surface area contributed by atoms with E-state index in [9.17, 15) is 22.4 Å². The number of aromatic amines is 1. The van der Waals surface area contributed by atoms with Crippen molar-refractivity contribution in [3.8, 4) is 0 Å². The molecule has 0 spiro atoms. The highest BCUT2D eigenvalue weighted by Crippen LogP contribution is 2.27. The summed E-state index contributed by atoms with van der Waals surface area (Å²) in [6.07, 6.45) is 1.19. The van der Waals surface area contributed by atoms with Crippen LogP contribution in [0.1, 0.15) is 12.8 Å². The number of nitrogens with one attached hydrogen (secondary N) is 1. The molecule has 0 unspecified atom stereocenters. The van der Waals surface area contributed by atoms with Crippen molar-refractivity contribution in [3.63, 3.8) is 0 Å². The zero-order valence-corrected chi connectivity index (χ0v) is 19.3. The molecule has 1 N–H and O–H groups in total. The fourth-order valence-corrected chi connectivity index (χ4v) is 6.27. The lowest BCUT2D eigenvalue weighted by molar-refractivity contribution is -0.137. The second-order valence-electron chi connectivity index (χ2n) is 8.64. The number of oxazole rings is 1. The van der Waals surface area contributed by atoms with Crippen LogP contribution in [0, 0.1) is 11.7 Å². The lowest BCUT2D eigenvalue weighted by atomic mass is 9.97. The van der Waals surface area contributed by atoms with E-state index in [4.69, 9.17) is 4.42 Å². The minimum Gasteiger partial charge on any atom is -0.408 e. The molecule has 1 aromatic heterocycles. The van der Waals surface area contributed by atoms with E-state index in [0.29, 0.717) is 56.8 Å². The number of anilines is 1. The van der Waals surface area contributed by atoms with Crippen LogP contribution in [0.2, 0.25) is 0 Å². The van der Waals surface area contributed by atoms with E-state index >= 15 is 0 Å². The number of hydrogen-bond acceptors (Lipinski definition) is 6. The van der Waals surface area contributed by atoms with Crippen LogP contribution in [0.4, 0.5) is 10.1 Å². The smallest absolute Gasteiger partial charge is 0.408 e. The molecule has 2 aliphatic heterocycles. The molecule has 34 heavy (non-hydrogen) atoms. The number of halogens is 1. The van der Waals surface area contributed by atoms with E-state index < -0.39 is 21.7 Å². The summed E-state index contributed by atoms with van der Waals surface area (Å²) in [4.78, 5) is 30.8. The molecule has 5 rings (SSSR count). The van der Waals surface area contributed by atoms with Gasteiger partial charge in [-0.05, 0) is 37.1 Å². The lowest BCUT2D eigenvalue weighted by Gasteiger charge is -2.39. The van der Waals surface area contributed by atoms with E-state index in [0.717, 1.165) is 0 Å². The summed E-state index contributed by atoms with van der Waals surface area (Å²) >= 11 is 0. The van der Waals surface area contributed by atoms with Crippen LogP contribution in [0.15, 0.2) is 56.6 Å². The van der Waals surface area contributed by atoms with Gasteiger partial charge in [-0.2, -0.15) is 4.31 Å². The molecule has 11 heteroatoms. The van der Waals surface area contributed by atoms with Crippen LogP contribution < -0.4 is 10.7 Å². The molecule has 2 aromatic carbocycles. The Hall–Kier alpha value is -3.18. The SMILES string of the molecule is O=C([C@H]1CCCN(S(=O)(=O)c2ccc3[nH]c(=O)oc3c2)C1)N1CCN(c2ccccc2F)CC1. The number of rotatable bonds is 4. The van der Waals surface area contributed by atoms with Crippen LogP contribution in [0.25, 0.3) is 11.1 Å². The molecule has 0 aliphatic carbocycles. The minimum atomic E-state index is -3.85. The van der Waals surface area contributed by atoms with Gasteiger partial charge in [-0.15, -0.1) is 0 Å². The molecule has 0 radical (unpaired) electrons. The van der Waals surface area contributed by atoms with Gasteiger partial charge in [0.1, 0.15) is 5.82 Å². The van der Waals surface area contributed by atoms with Crippen molar-refractivity contribution in [2.75, 3.05) is 44.2 Å². The summed E-state index contributed by atoms with van der Waals surface area (Å²) in [6, 6.07) is 10.8. The average Bonchev–Trinajstić information content (AvgIpc) is 3.23. The van der Waals surface area contributed by atoms with Crippen molar-refractivity contribution in [1.82, 2.24) is 14.2 Å². The Morgan fingerprint density at radius 1 is 1.06 bits per heavy atom. The molecule has 180 valence electrons. The molecule has 1 atom stereocenters. The number of benzene rings is 2. The predicted octanol–water partition coefficient (Wildman–Crippen LogP) is 2.01. The second kappa shape index (κ2) is 8.88. The fourth-order valence-electron chi connectivity index (χ4n) is 4.73. The third-order valence-electron chi connectivity index (χ3n) is 6.55. The first-order valence-electron chi connectivity index (χ1n) is 11.2. The van der Waals surface area contributed by atoms with Gasteiger partial charge in [-0.25, -0.2) is 17.6 Å². The third-order valence-corrected chi connectivity index (χ3v) is 8.41. The van der Waals surface area contributed by atoms with Crippen molar-refractivity contribution >= 4 is 32.7 Å². The highest BCUT2D eigenvalue weighted by Gasteiger charge is 2.36. The molecule has 0 bridgehead atoms. The molecule has 3 heterocycles. The number of nitrogens with zero attached hydrogens (tertiary/aromatic N) is 3. The molecular weight excluding hydrogens is 463 g/mol. The average molecular weight is 489 g/mol. The zero-order valence-electron chi connectivity index (χ0n) is 18.4. The number of H-pyrrole nitrogens is 1. The summed E-state index contributed by atoms with van der Waals surface area (Å²) in [7, 11) is -3.85. The van der Waals surface area contributed by atoms with E-state index in [-0.39, 0.29) is 28.7 Å². The largest absolute Gasteiger partial charge is 0.417 e. The van der Waals surface area contributed by atoms with E-state index in [2.05, 4.69) is 4.98 Å². The molecule has 2 fully saturated rings. The number of sulfonamides is 1. The summed E-state index contributed by atoms with van der Waals surface area (Å²) in [5.41, 5.74) is 1.12. The van der Waals surface area contributed by atoms with Crippen molar-refractivity contribution in [2.24, 2.45) is 5.92 Å². The van der Waals surface area contributed by atoms with Crippen LogP contribution in [-0.2, 0) is 14.8 Å². The Morgan fingerprint density at radius 2 is 1.82 bits per heavy atom. The fraction of sp³-hybridized carbons (Fsp3) is 0.391. The van der Waals surface area contributed by atoms with Crippen LogP contribution >= 0.6 is 0 Å². The summed E-state index contributed by atoms with van der Waals surface area (Å²) in [5, 5.41) is 0. The highest BCUT2D eigenvalue weighted by molar-refractivity contribution is 7.89. The highest BCUT2D eigenvalue weighted by atomic mass is 32.2. The summed E-state index contributed by atoms with van der Waals surface area (Å²) in [6.45, 7) is 2.37. The molecule has 9 nitrogen and oxygen atoms in total. The molecular formula is C23H25FN4O5S. The topological polar surface area (TPSA) is 107 Å². The summed E-state index contributed by atoms with van der Waals surface area (Å²) < 4.78 is 46.9. The lowest BCUT2D eigenvalue weighted by Crippen LogP contribution is -2.53. The summed E-state index contributed by atoms with van der Waals surface area (Å²) in [5.74, 6) is -1.44. The van der Waals surface area contributed by atoms with Gasteiger partial charge in [0, 0.05) is 45.3 Å². The number of hydrogen-bond donors (Lipinski definition) is 1. The Labute approximate surface area is 195 Å². The second-order valence-corrected chi connectivity index (χ2v) is 10.6. The maximum absolute atomic E-state index is 14.1. The number of piperazine rings is 1. The van der Waals surface area contributed by atoms with Gasteiger partial charge in [0.15, 0.2) is 5.58 Å². The van der Waals surface area contributed by atoms with Gasteiger partial charge in [-0.1, -0.05) is 12.1 Å². The molecule has 3 aromatic rings. The number of carbonyl (C=O) groups is 1. The van der Waals surface area contributed by atoms with Gasteiger partial charge >= 0.3 is 5.76 Å². The van der Waals surface area contributed by atoms with Crippen LogP contribution in [-0.4, -0.2) is 67.8 Å².